The normalized spacial score (nSPS) is 24.4. The van der Waals surface area contributed by atoms with Gasteiger partial charge in [-0.25, -0.2) is 4.79 Å². The molecule has 0 amide bonds. The molecular weight excluding hydrogens is 132 g/mol. The van der Waals surface area contributed by atoms with Crippen LogP contribution < -0.4 is 0 Å². The smallest absolute Gasteiger partial charge is 0.334 e. The van der Waals surface area contributed by atoms with Gasteiger partial charge < -0.3 is 9.84 Å². The molecule has 1 rings (SSSR count). The summed E-state index contributed by atoms with van der Waals surface area (Å²) in [6.07, 6.45) is 2.02. The van der Waals surface area contributed by atoms with E-state index in [0.29, 0.717) is 12.0 Å². The van der Waals surface area contributed by atoms with Crippen LogP contribution in [-0.2, 0) is 9.53 Å². The monoisotopic (exact) mass is 142 g/mol. The van der Waals surface area contributed by atoms with Crippen molar-refractivity contribution in [1.82, 2.24) is 0 Å². The molecule has 0 aromatic heterocycles. The molecule has 0 spiro atoms. The van der Waals surface area contributed by atoms with Crippen LogP contribution in [0.25, 0.3) is 0 Å². The predicted octanol–water partition coefficient (Wildman–Crippen LogP) is 0.240. The van der Waals surface area contributed by atoms with Crippen LogP contribution in [0.1, 0.15) is 13.3 Å². The van der Waals surface area contributed by atoms with E-state index in [2.05, 4.69) is 0 Å². The summed E-state index contributed by atoms with van der Waals surface area (Å²) in [5.74, 6) is -0.290. The van der Waals surface area contributed by atoms with E-state index in [9.17, 15) is 4.79 Å². The zero-order valence-corrected chi connectivity index (χ0v) is 5.83. The lowest BCUT2D eigenvalue weighted by molar-refractivity contribution is -0.139. The summed E-state index contributed by atoms with van der Waals surface area (Å²) < 4.78 is 4.78. The van der Waals surface area contributed by atoms with Gasteiger partial charge in [0.1, 0.15) is 6.10 Å². The highest BCUT2D eigenvalue weighted by Crippen LogP contribution is 2.15. The first kappa shape index (κ1) is 7.28. The number of carbonyl (C=O) groups is 1. The third-order valence-electron chi connectivity index (χ3n) is 1.37. The summed E-state index contributed by atoms with van der Waals surface area (Å²) in [7, 11) is 0. The quantitative estimate of drug-likeness (QED) is 0.562. The van der Waals surface area contributed by atoms with Crippen molar-refractivity contribution in [3.8, 4) is 0 Å². The number of cyclic esters (lactones) is 1. The third-order valence-corrected chi connectivity index (χ3v) is 1.37. The Balaban J connectivity index is 2.57. The number of hydrogen-bond acceptors (Lipinski definition) is 3. The van der Waals surface area contributed by atoms with E-state index >= 15 is 0 Å². The highest BCUT2D eigenvalue weighted by atomic mass is 16.5. The maximum Gasteiger partial charge on any atom is 0.334 e. The lowest BCUT2D eigenvalue weighted by atomic mass is 10.2. The molecule has 3 heteroatoms. The average molecular weight is 142 g/mol. The summed E-state index contributed by atoms with van der Waals surface area (Å²) in [6, 6.07) is 0. The van der Waals surface area contributed by atoms with Crippen LogP contribution >= 0.6 is 0 Å². The van der Waals surface area contributed by atoms with Gasteiger partial charge in [-0.3, -0.25) is 0 Å². The highest BCUT2D eigenvalue weighted by molar-refractivity contribution is 5.90. The molecule has 56 valence electrons. The van der Waals surface area contributed by atoms with Gasteiger partial charge in [0.2, 0.25) is 0 Å². The van der Waals surface area contributed by atoms with E-state index in [4.69, 9.17) is 9.84 Å². The molecular formula is C7H10O3. The van der Waals surface area contributed by atoms with E-state index in [1.54, 1.807) is 13.0 Å². The first-order valence-corrected chi connectivity index (χ1v) is 3.26. The van der Waals surface area contributed by atoms with Gasteiger partial charge in [-0.2, -0.15) is 0 Å². The van der Waals surface area contributed by atoms with Crippen molar-refractivity contribution in [3.63, 3.8) is 0 Å². The molecule has 0 saturated carbocycles. The summed E-state index contributed by atoms with van der Waals surface area (Å²) in [6.45, 7) is 1.80. The van der Waals surface area contributed by atoms with E-state index in [-0.39, 0.29) is 18.7 Å². The third kappa shape index (κ3) is 1.36. The van der Waals surface area contributed by atoms with Gasteiger partial charge in [-0.15, -0.1) is 0 Å². The Morgan fingerprint density at radius 2 is 2.50 bits per heavy atom. The Bertz CT molecular complexity index is 172. The van der Waals surface area contributed by atoms with Gasteiger partial charge in [-0.05, 0) is 13.0 Å². The van der Waals surface area contributed by atoms with Crippen LogP contribution in [0, 0.1) is 0 Å². The van der Waals surface area contributed by atoms with Gasteiger partial charge in [0.05, 0.1) is 0 Å². The number of carbonyl (C=O) groups excluding carboxylic acids is 1. The van der Waals surface area contributed by atoms with Gasteiger partial charge in [0, 0.05) is 18.6 Å². The van der Waals surface area contributed by atoms with E-state index in [0.717, 1.165) is 0 Å². The molecule has 10 heavy (non-hydrogen) atoms. The second-order valence-electron chi connectivity index (χ2n) is 2.28. The Kier molecular flexibility index (Phi) is 2.06. The first-order chi connectivity index (χ1) is 4.74. The maximum atomic E-state index is 10.8. The molecule has 3 nitrogen and oxygen atoms in total. The highest BCUT2D eigenvalue weighted by Gasteiger charge is 2.20. The molecule has 1 aliphatic rings. The Morgan fingerprint density at radius 1 is 1.80 bits per heavy atom. The fourth-order valence-electron chi connectivity index (χ4n) is 0.936. The van der Waals surface area contributed by atoms with Crippen molar-refractivity contribution in [2.75, 3.05) is 6.61 Å². The molecule has 1 unspecified atom stereocenters. The number of rotatable bonds is 2. The molecule has 1 atom stereocenters. The lowest BCUT2D eigenvalue weighted by Gasteiger charge is -1.97. The number of ether oxygens (including phenoxy) is 1. The van der Waals surface area contributed by atoms with Crippen LogP contribution in [0.4, 0.5) is 0 Å². The summed E-state index contributed by atoms with van der Waals surface area (Å²) >= 11 is 0. The van der Waals surface area contributed by atoms with E-state index < -0.39 is 0 Å². The molecule has 1 N–H and O–H groups in total. The van der Waals surface area contributed by atoms with Crippen molar-refractivity contribution in [1.29, 1.82) is 0 Å². The minimum atomic E-state index is -0.290. The molecule has 0 saturated heterocycles. The second kappa shape index (κ2) is 2.84. The van der Waals surface area contributed by atoms with Crippen molar-refractivity contribution in [3.05, 3.63) is 11.6 Å². The molecule has 0 aromatic rings. The molecule has 0 aliphatic carbocycles. The van der Waals surface area contributed by atoms with Crippen molar-refractivity contribution in [2.45, 2.75) is 19.4 Å². The number of hydrogen-bond donors (Lipinski definition) is 1. The van der Waals surface area contributed by atoms with Gasteiger partial charge in [0.25, 0.3) is 0 Å². The molecule has 0 bridgehead atoms. The number of aliphatic hydroxyl groups is 1. The van der Waals surface area contributed by atoms with E-state index in [1.807, 2.05) is 0 Å². The number of esters is 1. The first-order valence-electron chi connectivity index (χ1n) is 3.26. The molecule has 0 radical (unpaired) electrons. The molecule has 0 fully saturated rings. The zero-order valence-electron chi connectivity index (χ0n) is 5.83. The zero-order chi connectivity index (χ0) is 7.56. The molecule has 1 aliphatic heterocycles. The van der Waals surface area contributed by atoms with Crippen molar-refractivity contribution < 1.29 is 14.6 Å². The second-order valence-corrected chi connectivity index (χ2v) is 2.28. The van der Waals surface area contributed by atoms with Gasteiger partial charge in [0.15, 0.2) is 0 Å². The van der Waals surface area contributed by atoms with Crippen LogP contribution in [0.5, 0.6) is 0 Å². The van der Waals surface area contributed by atoms with Gasteiger partial charge >= 0.3 is 5.97 Å². The van der Waals surface area contributed by atoms with Crippen LogP contribution in [0.15, 0.2) is 11.6 Å². The summed E-state index contributed by atoms with van der Waals surface area (Å²) in [5.41, 5.74) is 0.593. The minimum Gasteiger partial charge on any atom is -0.455 e. The minimum absolute atomic E-state index is 0.00759. The van der Waals surface area contributed by atoms with Crippen LogP contribution in [0.2, 0.25) is 0 Å². The van der Waals surface area contributed by atoms with Gasteiger partial charge in [-0.1, -0.05) is 0 Å². The Hall–Kier alpha value is -0.830. The largest absolute Gasteiger partial charge is 0.455 e. The lowest BCUT2D eigenvalue weighted by Crippen LogP contribution is -2.04. The fourth-order valence-corrected chi connectivity index (χ4v) is 0.936. The number of aliphatic hydroxyl groups excluding tert-OH is 1. The SMILES string of the molecule is CC1C=C(CCO)C(=O)O1. The topological polar surface area (TPSA) is 46.5 Å². The van der Waals surface area contributed by atoms with Crippen LogP contribution in [-0.4, -0.2) is 23.8 Å². The Labute approximate surface area is 59.3 Å². The summed E-state index contributed by atoms with van der Waals surface area (Å²) in [4.78, 5) is 10.8. The molecule has 0 aromatic carbocycles. The standard InChI is InChI=1S/C7H10O3/c1-5-4-6(2-3-8)7(9)10-5/h4-5,8H,2-3H2,1H3. The maximum absolute atomic E-state index is 10.8. The molecule has 1 heterocycles. The fraction of sp³-hybridized carbons (Fsp3) is 0.571. The summed E-state index contributed by atoms with van der Waals surface area (Å²) in [5, 5.41) is 8.48. The predicted molar refractivity (Wildman–Crippen MR) is 35.3 cm³/mol. The Morgan fingerprint density at radius 3 is 2.90 bits per heavy atom. The van der Waals surface area contributed by atoms with Crippen LogP contribution in [0.3, 0.4) is 0 Å². The van der Waals surface area contributed by atoms with E-state index in [1.165, 1.54) is 0 Å². The van der Waals surface area contributed by atoms with Crippen molar-refractivity contribution in [2.24, 2.45) is 0 Å². The average Bonchev–Trinajstić information content (AvgIpc) is 2.13. The van der Waals surface area contributed by atoms with Crippen molar-refractivity contribution >= 4 is 5.97 Å².